The number of nitrogens with zero attached hydrogens (tertiary/aromatic N) is 2. The molecule has 1 aromatic rings. The third-order valence-corrected chi connectivity index (χ3v) is 4.76. The van der Waals surface area contributed by atoms with Crippen molar-refractivity contribution in [3.05, 3.63) is 40.3 Å². The van der Waals surface area contributed by atoms with Gasteiger partial charge in [0.1, 0.15) is 12.1 Å². The van der Waals surface area contributed by atoms with Crippen LogP contribution in [-0.4, -0.2) is 48.3 Å². The van der Waals surface area contributed by atoms with Crippen LogP contribution in [0.4, 0.5) is 0 Å². The highest BCUT2D eigenvalue weighted by Gasteiger charge is 2.32. The second-order valence-electron chi connectivity index (χ2n) is 7.17. The molecule has 1 aromatic carbocycles. The molecule has 3 atom stereocenters. The Labute approximate surface area is 158 Å². The van der Waals surface area contributed by atoms with Crippen LogP contribution >= 0.6 is 0 Å². The summed E-state index contributed by atoms with van der Waals surface area (Å²) in [5.41, 5.74) is 1.76. The number of benzene rings is 1. The number of carbonyl (C=O) groups is 3. The van der Waals surface area contributed by atoms with Gasteiger partial charge in [0.25, 0.3) is 0 Å². The van der Waals surface area contributed by atoms with Crippen LogP contribution in [0.25, 0.3) is 0 Å². The van der Waals surface area contributed by atoms with Crippen molar-refractivity contribution in [2.45, 2.75) is 45.3 Å². The van der Waals surface area contributed by atoms with Crippen molar-refractivity contribution in [3.63, 3.8) is 0 Å². The summed E-state index contributed by atoms with van der Waals surface area (Å²) in [6, 6.07) is 4.70. The van der Waals surface area contributed by atoms with Gasteiger partial charge in [0.2, 0.25) is 17.7 Å². The molecule has 0 aliphatic carbocycles. The van der Waals surface area contributed by atoms with E-state index in [0.717, 1.165) is 11.1 Å². The van der Waals surface area contributed by atoms with Gasteiger partial charge in [-0.2, -0.15) is 0 Å². The molecule has 2 N–H and O–H groups in total. The van der Waals surface area contributed by atoms with Crippen molar-refractivity contribution in [2.75, 3.05) is 13.6 Å². The summed E-state index contributed by atoms with van der Waals surface area (Å²) in [4.78, 5) is 49.9. The Hall–Kier alpha value is -2.77. The molecular weight excluding hydrogens is 348 g/mol. The molecule has 0 aromatic heterocycles. The predicted molar refractivity (Wildman–Crippen MR) is 101 cm³/mol. The minimum atomic E-state index is -1.06. The molecule has 0 spiro atoms. The van der Waals surface area contributed by atoms with Crippen LogP contribution in [0, 0.1) is 10.8 Å². The number of rotatable bonds is 6. The first kappa shape index (κ1) is 20.5. The van der Waals surface area contributed by atoms with Gasteiger partial charge in [-0.1, -0.05) is 43.3 Å². The molecule has 146 valence electrons. The Morgan fingerprint density at radius 3 is 2.48 bits per heavy atom. The molecular formula is C19H26N4O4. The van der Waals surface area contributed by atoms with Crippen LogP contribution in [0.3, 0.4) is 0 Å². The Morgan fingerprint density at radius 1 is 1.19 bits per heavy atom. The molecule has 1 aliphatic rings. The maximum atomic E-state index is 12.7. The van der Waals surface area contributed by atoms with E-state index in [-0.39, 0.29) is 11.8 Å². The fourth-order valence-electron chi connectivity index (χ4n) is 3.04. The molecule has 1 aliphatic heterocycles. The summed E-state index contributed by atoms with van der Waals surface area (Å²) in [7, 11) is 1.70. The Bertz CT molecular complexity index is 734. The zero-order valence-electron chi connectivity index (χ0n) is 16.1. The van der Waals surface area contributed by atoms with Crippen LogP contribution in [-0.2, 0) is 20.8 Å². The average molecular weight is 374 g/mol. The normalized spacial score (nSPS) is 18.9. The van der Waals surface area contributed by atoms with E-state index >= 15 is 0 Å². The first-order valence-corrected chi connectivity index (χ1v) is 9.02. The predicted octanol–water partition coefficient (Wildman–Crippen LogP) is 1.15. The van der Waals surface area contributed by atoms with Crippen molar-refractivity contribution >= 4 is 17.7 Å². The highest BCUT2D eigenvalue weighted by Crippen LogP contribution is 2.24. The molecule has 8 heteroatoms. The fourth-order valence-corrected chi connectivity index (χ4v) is 3.04. The highest BCUT2D eigenvalue weighted by molar-refractivity contribution is 5.93. The highest BCUT2D eigenvalue weighted by atomic mass is 16.3. The van der Waals surface area contributed by atoms with Gasteiger partial charge in [-0.15, -0.1) is 4.91 Å². The van der Waals surface area contributed by atoms with Crippen molar-refractivity contribution in [1.82, 2.24) is 15.5 Å². The van der Waals surface area contributed by atoms with Crippen LogP contribution in [0.1, 0.15) is 37.9 Å². The van der Waals surface area contributed by atoms with E-state index in [2.05, 4.69) is 15.8 Å². The molecule has 0 bridgehead atoms. The number of nitrogens with one attached hydrogen (secondary N) is 2. The van der Waals surface area contributed by atoms with Crippen molar-refractivity contribution < 1.29 is 14.4 Å². The van der Waals surface area contributed by atoms with Gasteiger partial charge in [0.05, 0.1) is 0 Å². The molecule has 0 saturated heterocycles. The molecule has 2 rings (SSSR count). The lowest BCUT2D eigenvalue weighted by molar-refractivity contribution is -0.136. The SMILES string of the molecule is CC(C)C(N=O)C(=O)N[C@@H](C)C(=O)N[C@@H]1C(=O)N(C)CCc2ccccc21. The first-order chi connectivity index (χ1) is 12.8. The summed E-state index contributed by atoms with van der Waals surface area (Å²) >= 11 is 0. The van der Waals surface area contributed by atoms with E-state index < -0.39 is 29.9 Å². The largest absolute Gasteiger partial charge is 0.343 e. The molecule has 0 fully saturated rings. The Kier molecular flexibility index (Phi) is 6.65. The van der Waals surface area contributed by atoms with Crippen molar-refractivity contribution in [2.24, 2.45) is 11.1 Å². The molecule has 27 heavy (non-hydrogen) atoms. The van der Waals surface area contributed by atoms with Gasteiger partial charge >= 0.3 is 0 Å². The van der Waals surface area contributed by atoms with E-state index in [9.17, 15) is 19.3 Å². The lowest BCUT2D eigenvalue weighted by Gasteiger charge is -2.24. The van der Waals surface area contributed by atoms with Crippen LogP contribution in [0.2, 0.25) is 0 Å². The maximum Gasteiger partial charge on any atom is 0.249 e. The zero-order chi connectivity index (χ0) is 20.1. The van der Waals surface area contributed by atoms with Gasteiger partial charge in [0, 0.05) is 13.6 Å². The van der Waals surface area contributed by atoms with Crippen LogP contribution in [0.15, 0.2) is 29.4 Å². The smallest absolute Gasteiger partial charge is 0.249 e. The molecule has 0 saturated carbocycles. The Balaban J connectivity index is 2.14. The number of nitroso groups, excluding NO2 is 1. The van der Waals surface area contributed by atoms with E-state index in [1.807, 2.05) is 24.3 Å². The lowest BCUT2D eigenvalue weighted by atomic mass is 9.99. The topological polar surface area (TPSA) is 108 Å². The number of hydrogen-bond acceptors (Lipinski definition) is 5. The third-order valence-electron chi connectivity index (χ3n) is 4.76. The molecule has 1 unspecified atom stereocenters. The summed E-state index contributed by atoms with van der Waals surface area (Å²) in [6.07, 6.45) is 0.706. The van der Waals surface area contributed by atoms with Gasteiger partial charge in [-0.25, -0.2) is 0 Å². The summed E-state index contributed by atoms with van der Waals surface area (Å²) in [5, 5.41) is 8.06. The first-order valence-electron chi connectivity index (χ1n) is 9.02. The van der Waals surface area contributed by atoms with E-state index in [4.69, 9.17) is 0 Å². The van der Waals surface area contributed by atoms with E-state index in [1.54, 1.807) is 25.8 Å². The lowest BCUT2D eigenvalue weighted by Crippen LogP contribution is -2.51. The van der Waals surface area contributed by atoms with Gasteiger partial charge < -0.3 is 15.5 Å². The summed E-state index contributed by atoms with van der Waals surface area (Å²) < 4.78 is 0. The van der Waals surface area contributed by atoms with Gasteiger partial charge in [-0.05, 0) is 30.4 Å². The second kappa shape index (κ2) is 8.75. The Morgan fingerprint density at radius 2 is 1.85 bits per heavy atom. The van der Waals surface area contributed by atoms with Crippen molar-refractivity contribution in [3.8, 4) is 0 Å². The third kappa shape index (κ3) is 4.69. The van der Waals surface area contributed by atoms with Crippen LogP contribution in [0.5, 0.6) is 0 Å². The zero-order valence-corrected chi connectivity index (χ0v) is 16.1. The monoisotopic (exact) mass is 374 g/mol. The number of fused-ring (bicyclic) bond motifs is 1. The molecule has 8 nitrogen and oxygen atoms in total. The fraction of sp³-hybridized carbons (Fsp3) is 0.526. The average Bonchev–Trinajstić information content (AvgIpc) is 2.74. The quantitative estimate of drug-likeness (QED) is 0.728. The minimum absolute atomic E-state index is 0.207. The molecule has 3 amide bonds. The molecule has 0 radical (unpaired) electrons. The number of likely N-dealkylation sites (N-methyl/N-ethyl adjacent to an activating group) is 1. The standard InChI is InChI=1S/C19H26N4O4/c1-11(2)15(22-27)18(25)20-12(3)17(24)21-16-14-8-6-5-7-13(14)9-10-23(4)19(16)26/h5-8,11-12,15-16H,9-10H2,1-4H3,(H,20,25)(H,21,24)/t12-,15?,16-/m0/s1. The van der Waals surface area contributed by atoms with Gasteiger partial charge in [0.15, 0.2) is 6.04 Å². The number of carbonyl (C=O) groups excluding carboxylic acids is 3. The number of hydrogen-bond donors (Lipinski definition) is 2. The maximum absolute atomic E-state index is 12.7. The molecule has 1 heterocycles. The van der Waals surface area contributed by atoms with E-state index in [0.29, 0.717) is 13.0 Å². The van der Waals surface area contributed by atoms with E-state index in [1.165, 1.54) is 6.92 Å². The van der Waals surface area contributed by atoms with Gasteiger partial charge in [-0.3, -0.25) is 14.4 Å². The summed E-state index contributed by atoms with van der Waals surface area (Å²) in [5.74, 6) is -1.59. The minimum Gasteiger partial charge on any atom is -0.343 e. The van der Waals surface area contributed by atoms with Crippen LogP contribution < -0.4 is 10.6 Å². The second-order valence-corrected chi connectivity index (χ2v) is 7.17. The summed E-state index contributed by atoms with van der Waals surface area (Å²) in [6.45, 7) is 5.47. The number of amides is 3. The van der Waals surface area contributed by atoms with Crippen molar-refractivity contribution in [1.29, 1.82) is 0 Å².